The van der Waals surface area contributed by atoms with Gasteiger partial charge in [0.1, 0.15) is 4.47 Å². The lowest BCUT2D eigenvalue weighted by atomic mass is 10.1. The summed E-state index contributed by atoms with van der Waals surface area (Å²) in [5, 5.41) is 16.2. The second-order valence-electron chi connectivity index (χ2n) is 3.91. The molecule has 0 radical (unpaired) electrons. The fourth-order valence-corrected chi connectivity index (χ4v) is 1.99. The zero-order valence-electron chi connectivity index (χ0n) is 10.4. The first-order valence-corrected chi connectivity index (χ1v) is 6.67. The van der Waals surface area contributed by atoms with Gasteiger partial charge >= 0.3 is 0 Å². The maximum atomic E-state index is 11.9. The number of nitrogens with zero attached hydrogens (tertiary/aromatic N) is 2. The Morgan fingerprint density at radius 1 is 1.72 bits per heavy atom. The topological polar surface area (TPSA) is 67.2 Å². The third kappa shape index (κ3) is 3.68. The molecule has 0 aliphatic rings. The van der Waals surface area contributed by atoms with Gasteiger partial charge in [-0.3, -0.25) is 4.79 Å². The van der Waals surface area contributed by atoms with Crippen LogP contribution >= 0.6 is 15.9 Å². The minimum absolute atomic E-state index is 0.115. The molecule has 0 aliphatic carbocycles. The molecule has 0 spiro atoms. The third-order valence-corrected chi connectivity index (χ3v) is 3.38. The van der Waals surface area contributed by atoms with Crippen LogP contribution in [-0.2, 0) is 6.54 Å². The van der Waals surface area contributed by atoms with Crippen molar-refractivity contribution in [1.82, 2.24) is 9.78 Å². The monoisotopic (exact) mass is 315 g/mol. The van der Waals surface area contributed by atoms with Crippen LogP contribution < -0.4 is 10.9 Å². The largest absolute Gasteiger partial charge is 0.396 e. The number of allylic oxidation sites excluding steroid dienone is 1. The smallest absolute Gasteiger partial charge is 0.283 e. The van der Waals surface area contributed by atoms with Crippen LogP contribution in [0.25, 0.3) is 0 Å². The number of halogens is 1. The van der Waals surface area contributed by atoms with E-state index in [2.05, 4.69) is 32.9 Å². The van der Waals surface area contributed by atoms with Gasteiger partial charge in [-0.05, 0) is 28.8 Å². The molecular formula is C12H18BrN3O2. The Balaban J connectivity index is 2.94. The average Bonchev–Trinajstić information content (AvgIpc) is 2.37. The Kier molecular flexibility index (Phi) is 6.07. The van der Waals surface area contributed by atoms with Crippen molar-refractivity contribution in [3.8, 4) is 0 Å². The summed E-state index contributed by atoms with van der Waals surface area (Å²) in [4.78, 5) is 11.9. The molecule has 2 N–H and O–H groups in total. The number of aromatic nitrogens is 2. The summed E-state index contributed by atoms with van der Waals surface area (Å²) >= 11 is 3.28. The molecule has 6 heteroatoms. The van der Waals surface area contributed by atoms with E-state index in [1.807, 2.05) is 6.92 Å². The summed E-state index contributed by atoms with van der Waals surface area (Å²) in [5.41, 5.74) is 0.458. The molecule has 0 aromatic carbocycles. The van der Waals surface area contributed by atoms with Gasteiger partial charge in [-0.1, -0.05) is 13.0 Å². The van der Waals surface area contributed by atoms with Crippen LogP contribution in [-0.4, -0.2) is 27.5 Å². The summed E-state index contributed by atoms with van der Waals surface area (Å²) in [6, 6.07) is 0.128. The molecule has 0 saturated carbocycles. The summed E-state index contributed by atoms with van der Waals surface area (Å²) in [6.45, 7) is 6.09. The molecule has 100 valence electrons. The quantitative estimate of drug-likeness (QED) is 0.752. The molecule has 0 fully saturated rings. The van der Waals surface area contributed by atoms with Crippen LogP contribution in [0.2, 0.25) is 0 Å². The zero-order chi connectivity index (χ0) is 13.5. The third-order valence-electron chi connectivity index (χ3n) is 2.62. The van der Waals surface area contributed by atoms with Crippen molar-refractivity contribution >= 4 is 21.6 Å². The number of anilines is 1. The van der Waals surface area contributed by atoms with E-state index in [-0.39, 0.29) is 18.2 Å². The van der Waals surface area contributed by atoms with E-state index in [9.17, 15) is 4.79 Å². The molecule has 0 saturated heterocycles. The highest BCUT2D eigenvalue weighted by molar-refractivity contribution is 9.10. The van der Waals surface area contributed by atoms with Crippen LogP contribution in [0.1, 0.15) is 19.8 Å². The van der Waals surface area contributed by atoms with Crippen LogP contribution in [0, 0.1) is 0 Å². The van der Waals surface area contributed by atoms with Gasteiger partial charge in [-0.2, -0.15) is 5.10 Å². The van der Waals surface area contributed by atoms with Gasteiger partial charge in [0, 0.05) is 12.6 Å². The van der Waals surface area contributed by atoms with E-state index in [4.69, 9.17) is 5.11 Å². The average molecular weight is 316 g/mol. The normalized spacial score (nSPS) is 12.2. The minimum atomic E-state index is -0.196. The fourth-order valence-electron chi connectivity index (χ4n) is 1.57. The molecule has 1 heterocycles. The van der Waals surface area contributed by atoms with Crippen molar-refractivity contribution in [2.75, 3.05) is 11.9 Å². The highest BCUT2D eigenvalue weighted by Crippen LogP contribution is 2.18. The second kappa shape index (κ2) is 7.33. The Morgan fingerprint density at radius 3 is 3.00 bits per heavy atom. The van der Waals surface area contributed by atoms with E-state index in [1.165, 1.54) is 4.68 Å². The maximum Gasteiger partial charge on any atom is 0.283 e. The predicted molar refractivity (Wildman–Crippen MR) is 75.8 cm³/mol. The number of nitrogens with one attached hydrogen (secondary N) is 1. The molecule has 18 heavy (non-hydrogen) atoms. The molecule has 0 bridgehead atoms. The van der Waals surface area contributed by atoms with Crippen molar-refractivity contribution in [3.05, 3.63) is 33.7 Å². The highest BCUT2D eigenvalue weighted by Gasteiger charge is 2.11. The van der Waals surface area contributed by atoms with Gasteiger partial charge in [0.25, 0.3) is 5.56 Å². The standard InChI is InChI=1S/C12H18BrN3O2/c1-3-6-16-12(18)11(13)10(8-14-16)15-9(4-2)5-7-17/h3,8-9,15,17H,1,4-7H2,2H3. The number of aliphatic hydroxyl groups excluding tert-OH is 1. The SMILES string of the molecule is C=CCn1ncc(NC(CC)CCO)c(Br)c1=O. The Bertz CT molecular complexity index is 459. The van der Waals surface area contributed by atoms with Crippen LogP contribution in [0.15, 0.2) is 28.1 Å². The van der Waals surface area contributed by atoms with Crippen LogP contribution in [0.5, 0.6) is 0 Å². The van der Waals surface area contributed by atoms with E-state index in [0.29, 0.717) is 23.1 Å². The molecule has 1 unspecified atom stereocenters. The molecule has 1 rings (SSSR count). The molecule has 1 atom stereocenters. The lowest BCUT2D eigenvalue weighted by molar-refractivity contribution is 0.278. The molecule has 1 aromatic heterocycles. The van der Waals surface area contributed by atoms with Gasteiger partial charge in [0.05, 0.1) is 18.4 Å². The first-order valence-electron chi connectivity index (χ1n) is 5.87. The van der Waals surface area contributed by atoms with Gasteiger partial charge in [0.2, 0.25) is 0 Å². The maximum absolute atomic E-state index is 11.9. The van der Waals surface area contributed by atoms with Crippen molar-refractivity contribution < 1.29 is 5.11 Å². The Hall–Kier alpha value is -1.14. The van der Waals surface area contributed by atoms with Crippen LogP contribution in [0.3, 0.4) is 0 Å². The zero-order valence-corrected chi connectivity index (χ0v) is 12.0. The Labute approximate surface area is 115 Å². The van der Waals surface area contributed by atoms with Gasteiger partial charge in [0.15, 0.2) is 0 Å². The van der Waals surface area contributed by atoms with E-state index < -0.39 is 0 Å². The van der Waals surface area contributed by atoms with Gasteiger partial charge in [-0.25, -0.2) is 4.68 Å². The van der Waals surface area contributed by atoms with Crippen molar-refractivity contribution in [3.63, 3.8) is 0 Å². The summed E-state index contributed by atoms with van der Waals surface area (Å²) in [6.07, 6.45) is 4.73. The molecule has 5 nitrogen and oxygen atoms in total. The summed E-state index contributed by atoms with van der Waals surface area (Å²) in [5.74, 6) is 0. The molecule has 0 aliphatic heterocycles. The second-order valence-corrected chi connectivity index (χ2v) is 4.70. The lowest BCUT2D eigenvalue weighted by Gasteiger charge is -2.18. The molecule has 0 amide bonds. The molecule has 1 aromatic rings. The van der Waals surface area contributed by atoms with Crippen molar-refractivity contribution in [2.45, 2.75) is 32.4 Å². The van der Waals surface area contributed by atoms with Gasteiger partial charge in [-0.15, -0.1) is 6.58 Å². The number of aliphatic hydroxyl groups is 1. The van der Waals surface area contributed by atoms with Crippen LogP contribution in [0.4, 0.5) is 5.69 Å². The van der Waals surface area contributed by atoms with E-state index in [0.717, 1.165) is 6.42 Å². The number of hydrogen-bond acceptors (Lipinski definition) is 4. The van der Waals surface area contributed by atoms with E-state index in [1.54, 1.807) is 12.3 Å². The predicted octanol–water partition coefficient (Wildman–Crippen LogP) is 1.76. The summed E-state index contributed by atoms with van der Waals surface area (Å²) < 4.78 is 1.78. The Morgan fingerprint density at radius 2 is 2.44 bits per heavy atom. The summed E-state index contributed by atoms with van der Waals surface area (Å²) in [7, 11) is 0. The lowest BCUT2D eigenvalue weighted by Crippen LogP contribution is -2.26. The first-order chi connectivity index (χ1) is 8.63. The minimum Gasteiger partial charge on any atom is -0.396 e. The van der Waals surface area contributed by atoms with Crippen molar-refractivity contribution in [1.29, 1.82) is 0 Å². The fraction of sp³-hybridized carbons (Fsp3) is 0.500. The highest BCUT2D eigenvalue weighted by atomic mass is 79.9. The van der Waals surface area contributed by atoms with E-state index >= 15 is 0 Å². The number of rotatable bonds is 7. The van der Waals surface area contributed by atoms with Gasteiger partial charge < -0.3 is 10.4 Å². The first kappa shape index (κ1) is 14.9. The molecular weight excluding hydrogens is 298 g/mol. The van der Waals surface area contributed by atoms with Crippen molar-refractivity contribution in [2.24, 2.45) is 0 Å². The number of hydrogen-bond donors (Lipinski definition) is 2.